The first-order chi connectivity index (χ1) is 19.5. The molecule has 232 valence electrons. The fourth-order valence-electron chi connectivity index (χ4n) is 5.17. The Morgan fingerprint density at radius 3 is 2.07 bits per heavy atom. The molecule has 0 N–H and O–H groups in total. The Bertz CT molecular complexity index is 1190. The number of alkyl halides is 6. The third-order valence-electron chi connectivity index (χ3n) is 7.19. The minimum Gasteiger partial charge on any atom is -0.444 e. The van der Waals surface area contributed by atoms with E-state index in [0.29, 0.717) is 57.0 Å². The molecule has 8 nitrogen and oxygen atoms in total. The summed E-state index contributed by atoms with van der Waals surface area (Å²) in [5.41, 5.74) is -3.04. The second-order valence-electron chi connectivity index (χ2n) is 11.5. The number of anilines is 2. The number of carbonyl (C=O) groups is 1. The van der Waals surface area contributed by atoms with Gasteiger partial charge in [-0.3, -0.25) is 0 Å². The molecule has 1 aromatic carbocycles. The van der Waals surface area contributed by atoms with E-state index in [2.05, 4.69) is 9.97 Å². The molecule has 1 amide bonds. The van der Waals surface area contributed by atoms with Crippen molar-refractivity contribution in [3.05, 3.63) is 47.3 Å². The molecule has 0 saturated carbocycles. The van der Waals surface area contributed by atoms with Crippen LogP contribution in [0.3, 0.4) is 0 Å². The predicted octanol–water partition coefficient (Wildman–Crippen LogP) is 6.15. The van der Waals surface area contributed by atoms with Crippen LogP contribution >= 0.6 is 0 Å². The second-order valence-corrected chi connectivity index (χ2v) is 11.5. The Balaban J connectivity index is 1.71. The molecule has 14 heteroatoms. The molecule has 2 atom stereocenters. The van der Waals surface area contributed by atoms with Crippen molar-refractivity contribution in [1.29, 1.82) is 0 Å². The molecule has 4 rings (SSSR count). The molecule has 2 aliphatic rings. The molecule has 2 unspecified atom stereocenters. The van der Waals surface area contributed by atoms with E-state index in [-0.39, 0.29) is 36.7 Å². The molecule has 2 fully saturated rings. The summed E-state index contributed by atoms with van der Waals surface area (Å²) in [6.07, 6.45) is -6.38. The van der Waals surface area contributed by atoms with Crippen LogP contribution in [-0.4, -0.2) is 71.5 Å². The zero-order valence-electron chi connectivity index (χ0n) is 23.9. The summed E-state index contributed by atoms with van der Waals surface area (Å²) in [6.45, 7) is 9.22. The number of nitrogens with zero attached hydrogens (tertiary/aromatic N) is 5. The third-order valence-corrected chi connectivity index (χ3v) is 7.19. The summed E-state index contributed by atoms with van der Waals surface area (Å²) < 4.78 is 92.6. The van der Waals surface area contributed by atoms with Crippen molar-refractivity contribution in [2.24, 2.45) is 0 Å². The van der Waals surface area contributed by atoms with E-state index in [0.717, 1.165) is 0 Å². The summed E-state index contributed by atoms with van der Waals surface area (Å²) in [5.74, 6) is 0.129. The van der Waals surface area contributed by atoms with Crippen molar-refractivity contribution >= 4 is 17.7 Å². The Kier molecular flexibility index (Phi) is 9.14. The third kappa shape index (κ3) is 7.75. The van der Waals surface area contributed by atoms with Gasteiger partial charge < -0.3 is 24.2 Å². The second kappa shape index (κ2) is 12.1. The fourth-order valence-corrected chi connectivity index (χ4v) is 5.17. The fraction of sp³-hybridized carbons (Fsp3) is 0.607. The number of benzene rings is 1. The standard InChI is InChI=1S/C28H35F6N5O3/c1-5-21-13-22(17-39(21)25(40)42-26(2,3)4)38(24-35-14-23(15-36-24)37-6-8-41-9-7-37)16-18-10-19(27(29,30)31)12-20(11-18)28(32,33)34/h10-12,14-15,21-22H,5-9,13,16-17H2,1-4H3. The van der Waals surface area contributed by atoms with Gasteiger partial charge in [0.15, 0.2) is 0 Å². The molecule has 3 heterocycles. The van der Waals surface area contributed by atoms with E-state index >= 15 is 0 Å². The molecule has 1 aromatic heterocycles. The number of likely N-dealkylation sites (tertiary alicyclic amines) is 1. The van der Waals surface area contributed by atoms with E-state index in [4.69, 9.17) is 9.47 Å². The molecule has 2 saturated heterocycles. The molecule has 2 aliphatic heterocycles. The Morgan fingerprint density at radius 1 is 1.00 bits per heavy atom. The van der Waals surface area contributed by atoms with Crippen LogP contribution in [0, 0.1) is 0 Å². The minimum atomic E-state index is -4.98. The van der Waals surface area contributed by atoms with Gasteiger partial charge in [-0.05, 0) is 57.4 Å². The van der Waals surface area contributed by atoms with Crippen LogP contribution in [-0.2, 0) is 28.4 Å². The van der Waals surface area contributed by atoms with E-state index in [1.165, 1.54) is 0 Å². The molecular formula is C28H35F6N5O3. The van der Waals surface area contributed by atoms with Crippen LogP contribution in [0.4, 0.5) is 42.8 Å². The molecule has 2 aromatic rings. The van der Waals surface area contributed by atoms with Gasteiger partial charge in [0.05, 0.1) is 48.5 Å². The number of carbonyl (C=O) groups excluding carboxylic acids is 1. The Labute approximate surface area is 240 Å². The van der Waals surface area contributed by atoms with Crippen LogP contribution in [0.2, 0.25) is 0 Å². The van der Waals surface area contributed by atoms with Gasteiger partial charge in [0, 0.05) is 32.2 Å². The summed E-state index contributed by atoms with van der Waals surface area (Å²) in [4.78, 5) is 27.1. The number of hydrogen-bond donors (Lipinski definition) is 0. The summed E-state index contributed by atoms with van der Waals surface area (Å²) in [7, 11) is 0. The minimum absolute atomic E-state index is 0.106. The smallest absolute Gasteiger partial charge is 0.416 e. The van der Waals surface area contributed by atoms with Crippen LogP contribution in [0.15, 0.2) is 30.6 Å². The lowest BCUT2D eigenvalue weighted by Crippen LogP contribution is -2.42. The average Bonchev–Trinajstić information content (AvgIpc) is 3.35. The van der Waals surface area contributed by atoms with Crippen LogP contribution in [0.1, 0.15) is 57.2 Å². The van der Waals surface area contributed by atoms with Crippen molar-refractivity contribution in [3.63, 3.8) is 0 Å². The largest absolute Gasteiger partial charge is 0.444 e. The van der Waals surface area contributed by atoms with E-state index in [9.17, 15) is 31.1 Å². The van der Waals surface area contributed by atoms with Gasteiger partial charge >= 0.3 is 18.4 Å². The highest BCUT2D eigenvalue weighted by molar-refractivity contribution is 5.69. The average molecular weight is 604 g/mol. The number of aromatic nitrogens is 2. The normalized spacial score (nSPS) is 20.1. The highest BCUT2D eigenvalue weighted by atomic mass is 19.4. The molecule has 42 heavy (non-hydrogen) atoms. The number of hydrogen-bond acceptors (Lipinski definition) is 7. The maximum atomic E-state index is 13.6. The van der Waals surface area contributed by atoms with E-state index in [1.54, 1.807) is 43.0 Å². The number of morpholine rings is 1. The zero-order valence-corrected chi connectivity index (χ0v) is 23.9. The predicted molar refractivity (Wildman–Crippen MR) is 143 cm³/mol. The van der Waals surface area contributed by atoms with Crippen LogP contribution in [0.5, 0.6) is 0 Å². The van der Waals surface area contributed by atoms with Crippen molar-refractivity contribution in [1.82, 2.24) is 14.9 Å². The lowest BCUT2D eigenvalue weighted by atomic mass is 10.0. The van der Waals surface area contributed by atoms with Gasteiger partial charge in [-0.2, -0.15) is 26.3 Å². The van der Waals surface area contributed by atoms with Crippen LogP contribution < -0.4 is 9.80 Å². The van der Waals surface area contributed by atoms with E-state index in [1.807, 2.05) is 11.8 Å². The number of ether oxygens (including phenoxy) is 2. The number of amides is 1. The highest BCUT2D eigenvalue weighted by Gasteiger charge is 2.41. The highest BCUT2D eigenvalue weighted by Crippen LogP contribution is 2.37. The first kappa shape index (κ1) is 31.6. The quantitative estimate of drug-likeness (QED) is 0.367. The van der Waals surface area contributed by atoms with Gasteiger partial charge in [-0.25, -0.2) is 14.8 Å². The lowest BCUT2D eigenvalue weighted by molar-refractivity contribution is -0.143. The Morgan fingerprint density at radius 2 is 1.57 bits per heavy atom. The molecular weight excluding hydrogens is 568 g/mol. The number of rotatable bonds is 6. The number of halogens is 6. The van der Waals surface area contributed by atoms with Crippen molar-refractivity contribution in [2.75, 3.05) is 42.6 Å². The summed E-state index contributed by atoms with van der Waals surface area (Å²) >= 11 is 0. The van der Waals surface area contributed by atoms with Gasteiger partial charge in [0.25, 0.3) is 0 Å². The van der Waals surface area contributed by atoms with Gasteiger partial charge in [0.2, 0.25) is 5.95 Å². The first-order valence-electron chi connectivity index (χ1n) is 13.7. The molecule has 0 bridgehead atoms. The van der Waals surface area contributed by atoms with E-state index < -0.39 is 41.2 Å². The van der Waals surface area contributed by atoms with Gasteiger partial charge in [0.1, 0.15) is 5.60 Å². The zero-order chi connectivity index (χ0) is 30.9. The first-order valence-corrected chi connectivity index (χ1v) is 13.7. The van der Waals surface area contributed by atoms with Crippen molar-refractivity contribution in [2.45, 2.75) is 77.1 Å². The molecule has 0 radical (unpaired) electrons. The van der Waals surface area contributed by atoms with Crippen LogP contribution in [0.25, 0.3) is 0 Å². The van der Waals surface area contributed by atoms with Crippen molar-refractivity contribution in [3.8, 4) is 0 Å². The molecule has 0 spiro atoms. The molecule has 0 aliphatic carbocycles. The Hall–Kier alpha value is -3.29. The van der Waals surface area contributed by atoms with Gasteiger partial charge in [-0.15, -0.1) is 0 Å². The lowest BCUT2D eigenvalue weighted by Gasteiger charge is -2.31. The maximum Gasteiger partial charge on any atom is 0.416 e. The monoisotopic (exact) mass is 603 g/mol. The summed E-state index contributed by atoms with van der Waals surface area (Å²) in [6, 6.07) is 0.770. The topological polar surface area (TPSA) is 71.0 Å². The van der Waals surface area contributed by atoms with Crippen molar-refractivity contribution < 1.29 is 40.6 Å². The van der Waals surface area contributed by atoms with Gasteiger partial charge in [-0.1, -0.05) is 6.92 Å². The maximum absolute atomic E-state index is 13.6. The summed E-state index contributed by atoms with van der Waals surface area (Å²) in [5, 5.41) is 0. The SMILES string of the molecule is CCC1CC(N(Cc2cc(C(F)(F)F)cc(C(F)(F)F)c2)c2ncc(N3CCOCC3)cn2)CN1C(=O)OC(C)(C)C.